The molecule has 0 radical (unpaired) electrons. The van der Waals surface area contributed by atoms with Crippen LogP contribution in [0, 0.1) is 11.3 Å². The minimum Gasteiger partial charge on any atom is -0.221 e. The maximum atomic E-state index is 8.86. The zero-order valence-corrected chi connectivity index (χ0v) is 16.1. The van der Waals surface area contributed by atoms with Crippen molar-refractivity contribution in [3.63, 3.8) is 0 Å². The highest BCUT2D eigenvalue weighted by molar-refractivity contribution is 9.10. The van der Waals surface area contributed by atoms with Crippen LogP contribution in [0.25, 0.3) is 17.1 Å². The maximum Gasteiger partial charge on any atom is 0.209 e. The third-order valence-electron chi connectivity index (χ3n) is 3.86. The monoisotopic (exact) mass is 439 g/mol. The molecule has 0 aliphatic heterocycles. The Bertz CT molecular complexity index is 1140. The van der Waals surface area contributed by atoms with Crippen molar-refractivity contribution in [1.29, 1.82) is 5.26 Å². The summed E-state index contributed by atoms with van der Waals surface area (Å²) in [4.78, 5) is 1.48. The first-order valence-corrected chi connectivity index (χ1v) is 9.08. The van der Waals surface area contributed by atoms with Crippen LogP contribution >= 0.6 is 27.5 Å². The van der Waals surface area contributed by atoms with Gasteiger partial charge < -0.3 is 0 Å². The molecule has 2 aromatic heterocycles. The number of tetrazole rings is 1. The second-order valence-electron chi connectivity index (χ2n) is 5.69. The molecule has 0 N–H and O–H groups in total. The molecule has 132 valence electrons. The smallest absolute Gasteiger partial charge is 0.209 e. The van der Waals surface area contributed by atoms with Crippen molar-refractivity contribution in [1.82, 2.24) is 30.0 Å². The minimum atomic E-state index is 0.398. The van der Waals surface area contributed by atoms with Crippen molar-refractivity contribution in [2.75, 3.05) is 0 Å². The van der Waals surface area contributed by atoms with Crippen LogP contribution in [0.2, 0.25) is 5.15 Å². The number of hydrogen-bond acceptors (Lipinski definition) is 5. The molecule has 9 heteroatoms. The van der Waals surface area contributed by atoms with Gasteiger partial charge in [-0.25, -0.2) is 4.68 Å². The van der Waals surface area contributed by atoms with E-state index < -0.39 is 0 Å². The van der Waals surface area contributed by atoms with Crippen LogP contribution in [0.5, 0.6) is 0 Å². The van der Waals surface area contributed by atoms with Gasteiger partial charge in [-0.15, -0.1) is 10.2 Å². The number of benzene rings is 2. The van der Waals surface area contributed by atoms with Crippen molar-refractivity contribution >= 4 is 27.5 Å². The number of nitriles is 1. The fourth-order valence-corrected chi connectivity index (χ4v) is 3.20. The van der Waals surface area contributed by atoms with Gasteiger partial charge in [0.15, 0.2) is 0 Å². The van der Waals surface area contributed by atoms with Crippen LogP contribution in [0.15, 0.2) is 59.2 Å². The van der Waals surface area contributed by atoms with Crippen LogP contribution in [-0.2, 0) is 6.54 Å². The summed E-state index contributed by atoms with van der Waals surface area (Å²) in [6.07, 6.45) is 1.62. The first-order chi connectivity index (χ1) is 13.1. The number of rotatable bonds is 4. The predicted molar refractivity (Wildman–Crippen MR) is 103 cm³/mol. The third kappa shape index (κ3) is 3.60. The molecule has 0 spiro atoms. The largest absolute Gasteiger partial charge is 0.221 e. The molecule has 4 rings (SSSR count). The fraction of sp³-hybridized carbons (Fsp3) is 0.0556. The van der Waals surface area contributed by atoms with E-state index in [-0.39, 0.29) is 0 Å². The zero-order chi connectivity index (χ0) is 18.8. The highest BCUT2D eigenvalue weighted by atomic mass is 79.9. The minimum absolute atomic E-state index is 0.398. The summed E-state index contributed by atoms with van der Waals surface area (Å²) in [5.74, 6) is 0.398. The Morgan fingerprint density at radius 3 is 2.70 bits per heavy atom. The lowest BCUT2D eigenvalue weighted by atomic mass is 10.1. The molecule has 7 nitrogen and oxygen atoms in total. The van der Waals surface area contributed by atoms with Gasteiger partial charge in [-0.2, -0.15) is 15.2 Å². The normalized spacial score (nSPS) is 10.7. The maximum absolute atomic E-state index is 8.86. The first-order valence-electron chi connectivity index (χ1n) is 7.91. The quantitative estimate of drug-likeness (QED) is 0.481. The lowest BCUT2D eigenvalue weighted by Gasteiger charge is -2.03. The Hall–Kier alpha value is -3.02. The summed E-state index contributed by atoms with van der Waals surface area (Å²) in [5, 5.41) is 26.1. The van der Waals surface area contributed by atoms with Gasteiger partial charge in [-0.05, 0) is 41.1 Å². The summed E-state index contributed by atoms with van der Waals surface area (Å²) in [5.41, 5.74) is 3.00. The van der Waals surface area contributed by atoms with E-state index in [1.54, 1.807) is 23.0 Å². The van der Waals surface area contributed by atoms with Crippen LogP contribution in [0.1, 0.15) is 11.1 Å². The van der Waals surface area contributed by atoms with Crippen LogP contribution in [0.4, 0.5) is 0 Å². The van der Waals surface area contributed by atoms with Crippen LogP contribution in [0.3, 0.4) is 0 Å². The molecule has 0 fully saturated rings. The highest BCUT2D eigenvalue weighted by Crippen LogP contribution is 2.27. The summed E-state index contributed by atoms with van der Waals surface area (Å²) in [7, 11) is 0. The van der Waals surface area contributed by atoms with E-state index in [1.165, 1.54) is 4.80 Å². The molecule has 0 amide bonds. The Kier molecular flexibility index (Phi) is 4.71. The molecule has 2 aromatic carbocycles. The summed E-state index contributed by atoms with van der Waals surface area (Å²) in [6.45, 7) is 0.441. The van der Waals surface area contributed by atoms with Gasteiger partial charge in [0.05, 0.1) is 35.6 Å². The summed E-state index contributed by atoms with van der Waals surface area (Å²) in [6, 6.07) is 17.0. The molecule has 0 aliphatic carbocycles. The van der Waals surface area contributed by atoms with Gasteiger partial charge in [-0.1, -0.05) is 45.7 Å². The van der Waals surface area contributed by atoms with Gasteiger partial charge in [0.25, 0.3) is 0 Å². The van der Waals surface area contributed by atoms with E-state index >= 15 is 0 Å². The number of hydrogen-bond donors (Lipinski definition) is 0. The van der Waals surface area contributed by atoms with E-state index in [2.05, 4.69) is 42.5 Å². The average Bonchev–Trinajstić information content (AvgIpc) is 3.28. The molecule has 0 atom stereocenters. The zero-order valence-electron chi connectivity index (χ0n) is 13.8. The first kappa shape index (κ1) is 17.4. The molecule has 0 unspecified atom stereocenters. The summed E-state index contributed by atoms with van der Waals surface area (Å²) >= 11 is 9.93. The van der Waals surface area contributed by atoms with Crippen LogP contribution in [-0.4, -0.2) is 30.0 Å². The second kappa shape index (κ2) is 7.31. The molecule has 27 heavy (non-hydrogen) atoms. The van der Waals surface area contributed by atoms with Crippen molar-refractivity contribution in [2.24, 2.45) is 0 Å². The van der Waals surface area contributed by atoms with Crippen molar-refractivity contribution in [3.8, 4) is 23.1 Å². The topological polar surface area (TPSA) is 85.2 Å². The Labute approximate surface area is 167 Å². The third-order valence-corrected chi connectivity index (χ3v) is 4.72. The van der Waals surface area contributed by atoms with E-state index in [0.717, 1.165) is 15.7 Å². The van der Waals surface area contributed by atoms with E-state index in [1.807, 2.05) is 36.4 Å². The van der Waals surface area contributed by atoms with Crippen molar-refractivity contribution < 1.29 is 0 Å². The van der Waals surface area contributed by atoms with Crippen molar-refractivity contribution in [2.45, 2.75) is 6.54 Å². The average molecular weight is 441 g/mol. The lowest BCUT2D eigenvalue weighted by molar-refractivity contribution is 0.573. The van der Waals surface area contributed by atoms with E-state index in [0.29, 0.717) is 28.6 Å². The molecule has 2 heterocycles. The van der Waals surface area contributed by atoms with E-state index in [9.17, 15) is 0 Å². The molecule has 0 saturated carbocycles. The molecule has 0 aliphatic rings. The van der Waals surface area contributed by atoms with Gasteiger partial charge in [0.1, 0.15) is 5.15 Å². The SMILES string of the molecule is N#Cc1ccc(Cn2nnc(-c3cnn(-c4cccc(Br)c4)c3Cl)n2)cc1. The molecule has 4 aromatic rings. The second-order valence-corrected chi connectivity index (χ2v) is 6.97. The van der Waals surface area contributed by atoms with Crippen molar-refractivity contribution in [3.05, 3.63) is 75.5 Å². The Morgan fingerprint density at radius 2 is 1.96 bits per heavy atom. The molecular formula is C18H11BrClN7. The highest BCUT2D eigenvalue weighted by Gasteiger charge is 2.16. The standard InChI is InChI=1S/C18H11BrClN7/c19-14-2-1-3-15(8-14)27-17(20)16(10-22-27)18-23-25-26(24-18)11-13-6-4-12(9-21)5-7-13/h1-8,10H,11H2. The number of halogens is 2. The van der Waals surface area contributed by atoms with Gasteiger partial charge in [0.2, 0.25) is 5.82 Å². The Balaban J connectivity index is 1.59. The van der Waals surface area contributed by atoms with Gasteiger partial charge in [-0.3, -0.25) is 0 Å². The molecule has 0 bridgehead atoms. The van der Waals surface area contributed by atoms with Gasteiger partial charge >= 0.3 is 0 Å². The predicted octanol–water partition coefficient (Wildman–Crippen LogP) is 3.86. The van der Waals surface area contributed by atoms with Crippen LogP contribution < -0.4 is 0 Å². The number of aromatic nitrogens is 6. The molecule has 0 saturated heterocycles. The van der Waals surface area contributed by atoms with E-state index in [4.69, 9.17) is 16.9 Å². The Morgan fingerprint density at radius 1 is 1.15 bits per heavy atom. The molecular weight excluding hydrogens is 430 g/mol. The fourth-order valence-electron chi connectivity index (χ4n) is 2.54. The number of nitrogens with zero attached hydrogens (tertiary/aromatic N) is 7. The van der Waals surface area contributed by atoms with Gasteiger partial charge in [0, 0.05) is 4.47 Å². The summed E-state index contributed by atoms with van der Waals surface area (Å²) < 4.78 is 2.54. The lowest BCUT2D eigenvalue weighted by Crippen LogP contribution is -2.04.